The Morgan fingerprint density at radius 2 is 1.54 bits per heavy atom. The first-order valence-corrected chi connectivity index (χ1v) is 9.77. The van der Waals surface area contributed by atoms with E-state index in [2.05, 4.69) is 0 Å². The normalized spacial score (nSPS) is 26.0. The lowest BCUT2D eigenvalue weighted by Gasteiger charge is -2.35. The van der Waals surface area contributed by atoms with Crippen molar-refractivity contribution >= 4 is 11.8 Å². The molecule has 26 heavy (non-hydrogen) atoms. The zero-order valence-electron chi connectivity index (χ0n) is 15.8. The number of carbonyl (C=O) groups excluding carboxylic acids is 1. The van der Waals surface area contributed by atoms with Crippen molar-refractivity contribution in [3.8, 4) is 0 Å². The number of ether oxygens (including phenoxy) is 2. The molecule has 0 aromatic heterocycles. The molecule has 1 aliphatic rings. The van der Waals surface area contributed by atoms with Crippen LogP contribution in [0.1, 0.15) is 77.6 Å². The van der Waals surface area contributed by atoms with Crippen LogP contribution in [0.2, 0.25) is 0 Å². The number of carboxylic acids is 1. The molecule has 0 spiro atoms. The minimum Gasteiger partial charge on any atom is -0.481 e. The topological polar surface area (TPSA) is 113 Å². The quantitative estimate of drug-likeness (QED) is 0.316. The number of carbonyl (C=O) groups is 2. The summed E-state index contributed by atoms with van der Waals surface area (Å²) in [5.41, 5.74) is 0. The minimum absolute atomic E-state index is 0.187. The molecule has 0 aromatic carbocycles. The van der Waals surface area contributed by atoms with Crippen molar-refractivity contribution < 1.29 is 34.4 Å². The van der Waals surface area contributed by atoms with Crippen molar-refractivity contribution in [3.05, 3.63) is 0 Å². The third kappa shape index (κ3) is 10.2. The van der Waals surface area contributed by atoms with Crippen LogP contribution in [0.4, 0.5) is 0 Å². The molecular weight excluding hydrogens is 340 g/mol. The summed E-state index contributed by atoms with van der Waals surface area (Å²) in [4.78, 5) is 21.6. The number of carboxylic acid groups (broad SMARTS) is 1. The number of rotatable bonds is 14. The standard InChI is InChI=1S/C19H34O7/c1-14-16(21)13-17(22)19(26-14)25-11-9-7-5-3-2-4-6-8-10-15(20)12-18(23)24/h14,16-17,19,21-22H,2-13H2,1H3,(H,23,24)/t14-,16+,17+,19+/m0/s1. The first-order valence-electron chi connectivity index (χ1n) is 9.77. The molecule has 0 radical (unpaired) electrons. The Labute approximate surface area is 155 Å². The minimum atomic E-state index is -1.05. The number of ketones is 1. The monoisotopic (exact) mass is 374 g/mol. The molecule has 0 unspecified atom stereocenters. The van der Waals surface area contributed by atoms with Crippen LogP contribution in [0, 0.1) is 0 Å². The van der Waals surface area contributed by atoms with Gasteiger partial charge in [0, 0.05) is 19.4 Å². The van der Waals surface area contributed by atoms with Crippen molar-refractivity contribution in [2.75, 3.05) is 6.61 Å². The zero-order chi connectivity index (χ0) is 19.4. The fraction of sp³-hybridized carbons (Fsp3) is 0.895. The number of hydrogen-bond acceptors (Lipinski definition) is 6. The maximum atomic E-state index is 11.2. The van der Waals surface area contributed by atoms with Crippen LogP contribution in [-0.4, -0.2) is 58.3 Å². The van der Waals surface area contributed by atoms with Crippen LogP contribution >= 0.6 is 0 Å². The Hall–Kier alpha value is -1.02. The van der Waals surface area contributed by atoms with Gasteiger partial charge < -0.3 is 24.8 Å². The van der Waals surface area contributed by atoms with Gasteiger partial charge in [0.2, 0.25) is 0 Å². The van der Waals surface area contributed by atoms with Crippen LogP contribution in [0.15, 0.2) is 0 Å². The van der Waals surface area contributed by atoms with Crippen molar-refractivity contribution in [1.82, 2.24) is 0 Å². The van der Waals surface area contributed by atoms with E-state index >= 15 is 0 Å². The third-order valence-electron chi connectivity index (χ3n) is 4.67. The molecule has 0 saturated carbocycles. The van der Waals surface area contributed by atoms with Gasteiger partial charge >= 0.3 is 5.97 Å². The first-order chi connectivity index (χ1) is 12.4. The molecule has 1 saturated heterocycles. The highest BCUT2D eigenvalue weighted by atomic mass is 16.7. The van der Waals surface area contributed by atoms with Gasteiger partial charge in [0.25, 0.3) is 0 Å². The van der Waals surface area contributed by atoms with Gasteiger partial charge in [-0.25, -0.2) is 0 Å². The molecule has 7 heteroatoms. The van der Waals surface area contributed by atoms with Crippen LogP contribution in [0.3, 0.4) is 0 Å². The summed E-state index contributed by atoms with van der Waals surface area (Å²) in [6.07, 6.45) is 6.07. The van der Waals surface area contributed by atoms with Gasteiger partial charge in [-0.3, -0.25) is 9.59 Å². The number of hydrogen-bond donors (Lipinski definition) is 3. The molecule has 0 amide bonds. The molecule has 1 fully saturated rings. The predicted octanol–water partition coefficient (Wildman–Crippen LogP) is 2.41. The fourth-order valence-corrected chi connectivity index (χ4v) is 3.03. The number of Topliss-reactive ketones (excluding diaryl/α,β-unsaturated/α-hetero) is 1. The highest BCUT2D eigenvalue weighted by Gasteiger charge is 2.34. The predicted molar refractivity (Wildman–Crippen MR) is 95.7 cm³/mol. The SMILES string of the molecule is C[C@@H]1O[C@@H](OCCCCCCCCCCC(=O)CC(=O)O)[C@H](O)C[C@H]1O. The van der Waals surface area contributed by atoms with E-state index in [-0.39, 0.29) is 24.7 Å². The van der Waals surface area contributed by atoms with E-state index in [9.17, 15) is 19.8 Å². The van der Waals surface area contributed by atoms with E-state index < -0.39 is 24.5 Å². The molecule has 7 nitrogen and oxygen atoms in total. The van der Waals surface area contributed by atoms with Crippen molar-refractivity contribution in [1.29, 1.82) is 0 Å². The van der Waals surface area contributed by atoms with E-state index in [0.29, 0.717) is 13.0 Å². The van der Waals surface area contributed by atoms with Crippen LogP contribution in [0.25, 0.3) is 0 Å². The second-order valence-electron chi connectivity index (χ2n) is 7.14. The smallest absolute Gasteiger partial charge is 0.310 e. The molecule has 1 heterocycles. The highest BCUT2D eigenvalue weighted by molar-refractivity contribution is 5.94. The third-order valence-corrected chi connectivity index (χ3v) is 4.67. The average Bonchev–Trinajstić information content (AvgIpc) is 2.56. The maximum Gasteiger partial charge on any atom is 0.310 e. The maximum absolute atomic E-state index is 11.2. The zero-order valence-corrected chi connectivity index (χ0v) is 15.8. The second kappa shape index (κ2) is 13.2. The van der Waals surface area contributed by atoms with Gasteiger partial charge in [-0.05, 0) is 19.8 Å². The lowest BCUT2D eigenvalue weighted by molar-refractivity contribution is -0.261. The Morgan fingerprint density at radius 1 is 0.962 bits per heavy atom. The van der Waals surface area contributed by atoms with Gasteiger partial charge in [-0.2, -0.15) is 0 Å². The number of aliphatic carboxylic acids is 1. The summed E-state index contributed by atoms with van der Waals surface area (Å²) in [7, 11) is 0. The van der Waals surface area contributed by atoms with Crippen LogP contribution in [0.5, 0.6) is 0 Å². The van der Waals surface area contributed by atoms with Crippen LogP contribution in [-0.2, 0) is 19.1 Å². The van der Waals surface area contributed by atoms with Gasteiger partial charge in [0.05, 0.1) is 12.2 Å². The van der Waals surface area contributed by atoms with Gasteiger partial charge in [-0.1, -0.05) is 38.5 Å². The molecule has 152 valence electrons. The summed E-state index contributed by atoms with van der Waals surface area (Å²) in [6, 6.07) is 0. The van der Waals surface area contributed by atoms with E-state index in [1.54, 1.807) is 6.92 Å². The Bertz CT molecular complexity index is 413. The Morgan fingerprint density at radius 3 is 2.15 bits per heavy atom. The van der Waals surface area contributed by atoms with Crippen molar-refractivity contribution in [2.45, 2.75) is 102 Å². The first kappa shape index (κ1) is 23.0. The second-order valence-corrected chi connectivity index (χ2v) is 7.14. The van der Waals surface area contributed by atoms with Crippen molar-refractivity contribution in [3.63, 3.8) is 0 Å². The number of aliphatic hydroxyl groups is 2. The summed E-state index contributed by atoms with van der Waals surface area (Å²) in [5.74, 6) is -1.23. The lowest BCUT2D eigenvalue weighted by atomic mass is 10.0. The van der Waals surface area contributed by atoms with Gasteiger partial charge in [0.1, 0.15) is 18.3 Å². The summed E-state index contributed by atoms with van der Waals surface area (Å²) >= 11 is 0. The average molecular weight is 374 g/mol. The van der Waals surface area contributed by atoms with Crippen molar-refractivity contribution in [2.24, 2.45) is 0 Å². The van der Waals surface area contributed by atoms with E-state index in [1.165, 1.54) is 0 Å². The summed E-state index contributed by atoms with van der Waals surface area (Å²) in [5, 5.41) is 27.9. The highest BCUT2D eigenvalue weighted by Crippen LogP contribution is 2.21. The molecular formula is C19H34O7. The summed E-state index contributed by atoms with van der Waals surface area (Å²) < 4.78 is 11.0. The molecule has 1 aliphatic heterocycles. The van der Waals surface area contributed by atoms with E-state index in [4.69, 9.17) is 14.6 Å². The number of unbranched alkanes of at least 4 members (excludes halogenated alkanes) is 7. The molecule has 1 rings (SSSR count). The summed E-state index contributed by atoms with van der Waals surface area (Å²) in [6.45, 7) is 2.31. The molecule has 3 N–H and O–H groups in total. The lowest BCUT2D eigenvalue weighted by Crippen LogP contribution is -2.47. The number of aliphatic hydroxyl groups excluding tert-OH is 2. The van der Waals surface area contributed by atoms with Crippen LogP contribution < -0.4 is 0 Å². The molecule has 4 atom stereocenters. The molecule has 0 aromatic rings. The van der Waals surface area contributed by atoms with E-state index in [0.717, 1.165) is 51.4 Å². The molecule has 0 aliphatic carbocycles. The Kier molecular flexibility index (Phi) is 11.7. The fourth-order valence-electron chi connectivity index (χ4n) is 3.03. The van der Waals surface area contributed by atoms with Gasteiger partial charge in [0.15, 0.2) is 6.29 Å². The van der Waals surface area contributed by atoms with Gasteiger partial charge in [-0.15, -0.1) is 0 Å². The van der Waals surface area contributed by atoms with E-state index in [1.807, 2.05) is 0 Å². The molecule has 0 bridgehead atoms. The Balaban J connectivity index is 1.88. The largest absolute Gasteiger partial charge is 0.481 e.